The maximum Gasteiger partial charge on any atom is 0.311 e. The first-order valence-corrected chi connectivity index (χ1v) is 8.03. The number of halogens is 1. The molecule has 1 N–H and O–H groups in total. The van der Waals surface area contributed by atoms with Crippen LogP contribution in [0.15, 0.2) is 47.1 Å². The average Bonchev–Trinajstić information content (AvgIpc) is 3.25. The summed E-state index contributed by atoms with van der Waals surface area (Å²) in [6.45, 7) is 0.0394. The topological polar surface area (TPSA) is 88.9 Å². The highest BCUT2D eigenvalue weighted by molar-refractivity contribution is 5.93. The third kappa shape index (κ3) is 4.47. The second kappa shape index (κ2) is 7.81. The number of carbonyl (C=O) groups is 3. The SMILES string of the molecule is O=C(COC(=O)[C@H]1CC(=O)N(Cc2ccco2)C1)Nc1ccc(F)cc1. The van der Waals surface area contributed by atoms with E-state index in [9.17, 15) is 18.8 Å². The molecule has 0 spiro atoms. The summed E-state index contributed by atoms with van der Waals surface area (Å²) in [5, 5.41) is 2.49. The molecule has 8 heteroatoms. The summed E-state index contributed by atoms with van der Waals surface area (Å²) in [6.07, 6.45) is 1.56. The molecule has 0 aliphatic carbocycles. The van der Waals surface area contributed by atoms with Crippen LogP contribution in [0.25, 0.3) is 0 Å². The molecule has 2 amide bonds. The van der Waals surface area contributed by atoms with Crippen molar-refractivity contribution >= 4 is 23.5 Å². The molecule has 0 bridgehead atoms. The fraction of sp³-hybridized carbons (Fsp3) is 0.278. The van der Waals surface area contributed by atoms with Crippen LogP contribution in [0.2, 0.25) is 0 Å². The van der Waals surface area contributed by atoms with Gasteiger partial charge in [0.2, 0.25) is 5.91 Å². The van der Waals surface area contributed by atoms with Crippen molar-refractivity contribution in [2.75, 3.05) is 18.5 Å². The first-order chi connectivity index (χ1) is 12.5. The van der Waals surface area contributed by atoms with E-state index in [2.05, 4.69) is 5.32 Å². The lowest BCUT2D eigenvalue weighted by Crippen LogP contribution is -2.28. The van der Waals surface area contributed by atoms with E-state index >= 15 is 0 Å². The zero-order chi connectivity index (χ0) is 18.5. The van der Waals surface area contributed by atoms with Gasteiger partial charge in [-0.25, -0.2) is 4.39 Å². The van der Waals surface area contributed by atoms with Crippen LogP contribution in [-0.2, 0) is 25.7 Å². The van der Waals surface area contributed by atoms with Gasteiger partial charge in [0.25, 0.3) is 5.91 Å². The summed E-state index contributed by atoms with van der Waals surface area (Å²) >= 11 is 0. The van der Waals surface area contributed by atoms with E-state index in [1.165, 1.54) is 35.4 Å². The molecule has 1 atom stereocenters. The van der Waals surface area contributed by atoms with Crippen LogP contribution in [0.3, 0.4) is 0 Å². The Morgan fingerprint density at radius 3 is 2.73 bits per heavy atom. The summed E-state index contributed by atoms with van der Waals surface area (Å²) in [7, 11) is 0. The van der Waals surface area contributed by atoms with Crippen molar-refractivity contribution in [3.05, 3.63) is 54.2 Å². The molecule has 0 unspecified atom stereocenters. The summed E-state index contributed by atoms with van der Waals surface area (Å²) in [5.74, 6) is -1.71. The molecule has 136 valence electrons. The number of nitrogens with one attached hydrogen (secondary N) is 1. The zero-order valence-electron chi connectivity index (χ0n) is 13.8. The van der Waals surface area contributed by atoms with Crippen molar-refractivity contribution in [1.82, 2.24) is 4.90 Å². The number of ether oxygens (including phenoxy) is 1. The lowest BCUT2D eigenvalue weighted by molar-refractivity contribution is -0.151. The van der Waals surface area contributed by atoms with Gasteiger partial charge < -0.3 is 19.4 Å². The van der Waals surface area contributed by atoms with Crippen molar-refractivity contribution in [3.63, 3.8) is 0 Å². The molecule has 7 nitrogen and oxygen atoms in total. The van der Waals surface area contributed by atoms with Gasteiger partial charge in [0.1, 0.15) is 11.6 Å². The maximum atomic E-state index is 12.8. The molecule has 3 rings (SSSR count). The smallest absolute Gasteiger partial charge is 0.311 e. The van der Waals surface area contributed by atoms with Gasteiger partial charge in [-0.2, -0.15) is 0 Å². The van der Waals surface area contributed by atoms with Crippen LogP contribution in [0.1, 0.15) is 12.2 Å². The summed E-state index contributed by atoms with van der Waals surface area (Å²) in [6, 6.07) is 8.69. The Bertz CT molecular complexity index is 788. The van der Waals surface area contributed by atoms with Crippen LogP contribution in [-0.4, -0.2) is 35.8 Å². The van der Waals surface area contributed by atoms with Gasteiger partial charge in [-0.1, -0.05) is 0 Å². The van der Waals surface area contributed by atoms with Crippen LogP contribution >= 0.6 is 0 Å². The molecular formula is C18H17FN2O5. The molecule has 2 aromatic rings. The van der Waals surface area contributed by atoms with E-state index in [0.29, 0.717) is 18.0 Å². The van der Waals surface area contributed by atoms with Gasteiger partial charge in [0, 0.05) is 18.7 Å². The van der Waals surface area contributed by atoms with Gasteiger partial charge in [-0.3, -0.25) is 14.4 Å². The first kappa shape index (κ1) is 17.7. The van der Waals surface area contributed by atoms with Crippen molar-refractivity contribution in [3.8, 4) is 0 Å². The molecule has 1 aromatic heterocycles. The largest absolute Gasteiger partial charge is 0.467 e. The number of amides is 2. The number of hydrogen-bond acceptors (Lipinski definition) is 5. The molecule has 0 saturated carbocycles. The van der Waals surface area contributed by atoms with Crippen LogP contribution in [0.5, 0.6) is 0 Å². The molecule has 2 heterocycles. The number of rotatable bonds is 6. The molecule has 1 aromatic carbocycles. The maximum absolute atomic E-state index is 12.8. The van der Waals surface area contributed by atoms with E-state index in [1.807, 2.05) is 0 Å². The summed E-state index contributed by atoms with van der Waals surface area (Å²) in [4.78, 5) is 37.4. The molecule has 1 fully saturated rings. The normalized spacial score (nSPS) is 16.6. The van der Waals surface area contributed by atoms with Crippen LogP contribution < -0.4 is 5.32 Å². The summed E-state index contributed by atoms with van der Waals surface area (Å²) in [5.41, 5.74) is 0.396. The highest BCUT2D eigenvalue weighted by atomic mass is 19.1. The highest BCUT2D eigenvalue weighted by Crippen LogP contribution is 2.21. The molecule has 1 saturated heterocycles. The van der Waals surface area contributed by atoms with Gasteiger partial charge in [0.05, 0.1) is 18.7 Å². The Morgan fingerprint density at radius 1 is 1.27 bits per heavy atom. The van der Waals surface area contributed by atoms with Gasteiger partial charge in [0.15, 0.2) is 6.61 Å². The predicted octanol–water partition coefficient (Wildman–Crippen LogP) is 1.95. The van der Waals surface area contributed by atoms with Crippen molar-refractivity contribution in [2.24, 2.45) is 5.92 Å². The number of esters is 1. The monoisotopic (exact) mass is 360 g/mol. The number of furan rings is 1. The van der Waals surface area contributed by atoms with Crippen LogP contribution in [0.4, 0.5) is 10.1 Å². The second-order valence-electron chi connectivity index (χ2n) is 5.92. The van der Waals surface area contributed by atoms with Crippen molar-refractivity contribution in [2.45, 2.75) is 13.0 Å². The van der Waals surface area contributed by atoms with Crippen molar-refractivity contribution in [1.29, 1.82) is 0 Å². The summed E-state index contributed by atoms with van der Waals surface area (Å²) < 4.78 is 23.0. The number of nitrogens with zero attached hydrogens (tertiary/aromatic N) is 1. The third-order valence-electron chi connectivity index (χ3n) is 3.95. The quantitative estimate of drug-likeness (QED) is 0.796. The van der Waals surface area contributed by atoms with Gasteiger partial charge in [-0.15, -0.1) is 0 Å². The molecule has 0 radical (unpaired) electrons. The van der Waals surface area contributed by atoms with E-state index in [-0.39, 0.29) is 18.9 Å². The minimum Gasteiger partial charge on any atom is -0.467 e. The van der Waals surface area contributed by atoms with E-state index in [1.54, 1.807) is 12.1 Å². The Kier molecular flexibility index (Phi) is 5.31. The number of anilines is 1. The molecule has 26 heavy (non-hydrogen) atoms. The number of hydrogen-bond donors (Lipinski definition) is 1. The van der Waals surface area contributed by atoms with Crippen molar-refractivity contribution < 1.29 is 27.9 Å². The van der Waals surface area contributed by atoms with Crippen LogP contribution in [0, 0.1) is 11.7 Å². The second-order valence-corrected chi connectivity index (χ2v) is 5.92. The predicted molar refractivity (Wildman–Crippen MR) is 88.2 cm³/mol. The average molecular weight is 360 g/mol. The molecule has 1 aliphatic heterocycles. The minimum atomic E-state index is -0.615. The Balaban J connectivity index is 1.45. The number of benzene rings is 1. The lowest BCUT2D eigenvalue weighted by Gasteiger charge is -2.14. The fourth-order valence-corrected chi connectivity index (χ4v) is 2.66. The highest BCUT2D eigenvalue weighted by Gasteiger charge is 2.35. The third-order valence-corrected chi connectivity index (χ3v) is 3.95. The Labute approximate surface area is 148 Å². The van der Waals surface area contributed by atoms with Gasteiger partial charge >= 0.3 is 5.97 Å². The lowest BCUT2D eigenvalue weighted by atomic mass is 10.1. The first-order valence-electron chi connectivity index (χ1n) is 8.03. The number of likely N-dealkylation sites (tertiary alicyclic amines) is 1. The number of carbonyl (C=O) groups excluding carboxylic acids is 3. The zero-order valence-corrected chi connectivity index (χ0v) is 13.8. The van der Waals surface area contributed by atoms with E-state index < -0.39 is 30.2 Å². The van der Waals surface area contributed by atoms with Gasteiger partial charge in [-0.05, 0) is 36.4 Å². The standard InChI is InChI=1S/C18H17FN2O5/c19-13-3-5-14(6-4-13)20-16(22)11-26-18(24)12-8-17(23)21(9-12)10-15-2-1-7-25-15/h1-7,12H,8-11H2,(H,20,22)/t12-/m0/s1. The Morgan fingerprint density at radius 2 is 2.04 bits per heavy atom. The molecular weight excluding hydrogens is 343 g/mol. The minimum absolute atomic E-state index is 0.0408. The fourth-order valence-electron chi connectivity index (χ4n) is 2.66. The van der Waals surface area contributed by atoms with E-state index in [4.69, 9.17) is 9.15 Å². The Hall–Kier alpha value is -3.16. The molecule has 1 aliphatic rings. The van der Waals surface area contributed by atoms with E-state index in [0.717, 1.165) is 0 Å².